The van der Waals surface area contributed by atoms with Gasteiger partial charge in [-0.3, -0.25) is 9.69 Å². The Morgan fingerprint density at radius 1 is 1.07 bits per heavy atom. The molecule has 0 bridgehead atoms. The number of urea groups is 1. The number of alkyl halides is 3. The van der Waals surface area contributed by atoms with Gasteiger partial charge in [-0.25, -0.2) is 14.8 Å². The molecule has 4 rings (SSSR count). The molecule has 1 unspecified atom stereocenters. The molecule has 0 radical (unpaired) electrons. The van der Waals surface area contributed by atoms with Gasteiger partial charge in [0.1, 0.15) is 17.7 Å². The molecule has 1 aliphatic rings. The van der Waals surface area contributed by atoms with Gasteiger partial charge < -0.3 is 20.9 Å². The molecule has 2 heterocycles. The maximum absolute atomic E-state index is 13.4. The lowest BCUT2D eigenvalue weighted by molar-refractivity contribution is -0.137. The summed E-state index contributed by atoms with van der Waals surface area (Å²) in [6, 6.07) is 9.72. The van der Waals surface area contributed by atoms with Crippen LogP contribution >= 0.6 is 11.6 Å². The summed E-state index contributed by atoms with van der Waals surface area (Å²) in [5.41, 5.74) is -0.602. The topological polar surface area (TPSA) is 102 Å². The van der Waals surface area contributed by atoms with Gasteiger partial charge in [-0.1, -0.05) is 44.0 Å². The molecule has 41 heavy (non-hydrogen) atoms. The fraction of sp³-hybridized carbons (Fsp3) is 0.429. The van der Waals surface area contributed by atoms with Crippen molar-refractivity contribution in [1.29, 1.82) is 0 Å². The molecule has 0 spiro atoms. The molecule has 13 heteroatoms. The Bertz CT molecular complexity index is 1400. The lowest BCUT2D eigenvalue weighted by atomic mass is 9.98. The van der Waals surface area contributed by atoms with Gasteiger partial charge in [0.05, 0.1) is 23.3 Å². The van der Waals surface area contributed by atoms with Crippen LogP contribution in [0.2, 0.25) is 5.02 Å². The minimum Gasteiger partial charge on any atom is -0.358 e. The van der Waals surface area contributed by atoms with Gasteiger partial charge in [0.25, 0.3) is 0 Å². The lowest BCUT2D eigenvalue weighted by Gasteiger charge is -2.34. The summed E-state index contributed by atoms with van der Waals surface area (Å²) in [5, 5.41) is 9.16. The highest BCUT2D eigenvalue weighted by Crippen LogP contribution is 2.36. The molecule has 0 aliphatic carbocycles. The zero-order valence-electron chi connectivity index (χ0n) is 23.1. The molecule has 1 saturated heterocycles. The van der Waals surface area contributed by atoms with Crippen molar-refractivity contribution in [3.05, 3.63) is 58.9 Å². The zero-order valence-corrected chi connectivity index (χ0v) is 23.8. The van der Waals surface area contributed by atoms with Gasteiger partial charge in [-0.2, -0.15) is 13.2 Å². The Morgan fingerprint density at radius 3 is 2.44 bits per heavy atom. The first-order chi connectivity index (χ1) is 19.5. The normalized spacial score (nSPS) is 15.8. The Morgan fingerprint density at radius 2 is 1.78 bits per heavy atom. The molecule has 3 aromatic rings. The largest absolute Gasteiger partial charge is 0.418 e. The van der Waals surface area contributed by atoms with E-state index < -0.39 is 23.8 Å². The average Bonchev–Trinajstić information content (AvgIpc) is 2.95. The predicted molar refractivity (Wildman–Crippen MR) is 153 cm³/mol. The highest BCUT2D eigenvalue weighted by molar-refractivity contribution is 6.30. The number of rotatable bonds is 8. The number of halogens is 4. The maximum Gasteiger partial charge on any atom is 0.418 e. The van der Waals surface area contributed by atoms with E-state index in [-0.39, 0.29) is 22.5 Å². The number of anilines is 2. The summed E-state index contributed by atoms with van der Waals surface area (Å²) in [4.78, 5) is 38.4. The number of aromatic nitrogens is 2. The number of piperazine rings is 1. The number of likely N-dealkylation sites (N-methyl/N-ethyl adjacent to an activating group) is 1. The third-order valence-corrected chi connectivity index (χ3v) is 7.47. The molecule has 3 amide bonds. The van der Waals surface area contributed by atoms with E-state index in [1.54, 1.807) is 7.05 Å². The van der Waals surface area contributed by atoms with Crippen molar-refractivity contribution in [3.63, 3.8) is 0 Å². The second-order valence-electron chi connectivity index (χ2n) is 10.0. The van der Waals surface area contributed by atoms with Gasteiger partial charge >= 0.3 is 12.2 Å². The second-order valence-corrected chi connectivity index (χ2v) is 10.4. The third-order valence-electron chi connectivity index (χ3n) is 7.24. The van der Waals surface area contributed by atoms with Crippen LogP contribution in [0.1, 0.15) is 31.7 Å². The summed E-state index contributed by atoms with van der Waals surface area (Å²) in [6.45, 7) is 6.01. The number of para-hydroxylation sites is 1. The van der Waals surface area contributed by atoms with Gasteiger partial charge in [0.15, 0.2) is 0 Å². The molecule has 1 aliphatic heterocycles. The highest BCUT2D eigenvalue weighted by atomic mass is 35.5. The Hall–Kier alpha value is -3.64. The summed E-state index contributed by atoms with van der Waals surface area (Å²) in [5.74, 6) is 1.06. The number of fused-ring (bicyclic) bond motifs is 1. The van der Waals surface area contributed by atoms with E-state index in [9.17, 15) is 22.8 Å². The van der Waals surface area contributed by atoms with E-state index in [2.05, 4.69) is 20.9 Å². The quantitative estimate of drug-likeness (QED) is 0.332. The standard InChI is InChI=1S/C28H33ClF3N7O2/c1-4-17(2)24(26(40)33-3)37-25-19-7-5-6-8-21(19)34-23(36-25)16-38-11-13-39(14-12-38)27(41)35-22-10-9-18(29)15-20(22)28(30,31)32/h5-10,15,17,24H,4,11-14,16H2,1-3H3,(H,33,40)(H,35,41)(H,34,36,37)/t17?,24-/m0/s1. The summed E-state index contributed by atoms with van der Waals surface area (Å²) < 4.78 is 40.3. The van der Waals surface area contributed by atoms with Crippen LogP contribution in [-0.2, 0) is 17.5 Å². The molecule has 9 nitrogen and oxygen atoms in total. The van der Waals surface area contributed by atoms with Gasteiger partial charge in [-0.05, 0) is 36.2 Å². The van der Waals surface area contributed by atoms with Crippen molar-refractivity contribution in [2.45, 2.75) is 39.0 Å². The van der Waals surface area contributed by atoms with Crippen molar-refractivity contribution >= 4 is 45.9 Å². The summed E-state index contributed by atoms with van der Waals surface area (Å²) in [7, 11) is 1.60. The molecule has 2 atom stereocenters. The van der Waals surface area contributed by atoms with E-state index in [0.717, 1.165) is 29.5 Å². The van der Waals surface area contributed by atoms with Crippen LogP contribution in [0.5, 0.6) is 0 Å². The van der Waals surface area contributed by atoms with Crippen molar-refractivity contribution in [3.8, 4) is 0 Å². The minimum absolute atomic E-state index is 0.0615. The number of nitrogens with one attached hydrogen (secondary N) is 3. The van der Waals surface area contributed by atoms with E-state index in [1.165, 1.54) is 11.0 Å². The van der Waals surface area contributed by atoms with Crippen molar-refractivity contribution < 1.29 is 22.8 Å². The van der Waals surface area contributed by atoms with Crippen LogP contribution in [-0.4, -0.2) is 71.0 Å². The van der Waals surface area contributed by atoms with E-state index >= 15 is 0 Å². The molecule has 2 aromatic carbocycles. The molecule has 0 saturated carbocycles. The van der Waals surface area contributed by atoms with Gasteiger partial charge in [-0.15, -0.1) is 0 Å². The fourth-order valence-electron chi connectivity index (χ4n) is 4.67. The van der Waals surface area contributed by atoms with Crippen LogP contribution in [0.15, 0.2) is 42.5 Å². The van der Waals surface area contributed by atoms with Crippen molar-refractivity contribution in [2.24, 2.45) is 5.92 Å². The first kappa shape index (κ1) is 30.3. The Balaban J connectivity index is 1.45. The van der Waals surface area contributed by atoms with Crippen LogP contribution in [0.25, 0.3) is 10.9 Å². The monoisotopic (exact) mass is 591 g/mol. The average molecular weight is 592 g/mol. The number of amides is 3. The number of hydrogen-bond acceptors (Lipinski definition) is 6. The third kappa shape index (κ3) is 7.36. The maximum atomic E-state index is 13.4. The SMILES string of the molecule is CCC(C)[C@H](Nc1nc(CN2CCN(C(=O)Nc3ccc(Cl)cc3C(F)(F)F)CC2)nc2ccccc12)C(=O)NC. The predicted octanol–water partition coefficient (Wildman–Crippen LogP) is 5.22. The summed E-state index contributed by atoms with van der Waals surface area (Å²) >= 11 is 5.74. The van der Waals surface area contributed by atoms with E-state index in [4.69, 9.17) is 21.6 Å². The Labute approximate surface area is 241 Å². The molecular formula is C28H33ClF3N7O2. The summed E-state index contributed by atoms with van der Waals surface area (Å²) in [6.07, 6.45) is -3.86. The zero-order chi connectivity index (χ0) is 29.7. The van der Waals surface area contributed by atoms with Crippen molar-refractivity contribution in [2.75, 3.05) is 43.9 Å². The van der Waals surface area contributed by atoms with Gasteiger partial charge in [0.2, 0.25) is 5.91 Å². The first-order valence-electron chi connectivity index (χ1n) is 13.4. The molecular weight excluding hydrogens is 559 g/mol. The number of carbonyl (C=O) groups excluding carboxylic acids is 2. The second kappa shape index (κ2) is 12.9. The molecule has 220 valence electrons. The molecule has 1 fully saturated rings. The minimum atomic E-state index is -4.66. The molecule has 1 aromatic heterocycles. The van der Waals surface area contributed by atoms with Crippen molar-refractivity contribution in [1.82, 2.24) is 25.1 Å². The smallest absolute Gasteiger partial charge is 0.358 e. The van der Waals surface area contributed by atoms with Crippen LogP contribution in [0.3, 0.4) is 0 Å². The van der Waals surface area contributed by atoms with E-state index in [1.807, 2.05) is 38.1 Å². The number of carbonyl (C=O) groups is 2. The number of nitrogens with zero attached hydrogens (tertiary/aromatic N) is 4. The fourth-order valence-corrected chi connectivity index (χ4v) is 4.85. The van der Waals surface area contributed by atoms with Crippen LogP contribution in [0, 0.1) is 5.92 Å². The Kier molecular flexibility index (Phi) is 9.54. The number of hydrogen-bond donors (Lipinski definition) is 3. The van der Waals surface area contributed by atoms with E-state index in [0.29, 0.717) is 44.4 Å². The van der Waals surface area contributed by atoms with Crippen LogP contribution in [0.4, 0.5) is 29.5 Å². The van der Waals surface area contributed by atoms with Gasteiger partial charge in [0, 0.05) is 43.6 Å². The lowest BCUT2D eigenvalue weighted by Crippen LogP contribution is -2.49. The molecule has 3 N–H and O–H groups in total. The first-order valence-corrected chi connectivity index (χ1v) is 13.8. The van der Waals surface area contributed by atoms with Crippen LogP contribution < -0.4 is 16.0 Å². The number of benzene rings is 2. The highest BCUT2D eigenvalue weighted by Gasteiger charge is 2.35.